The maximum atomic E-state index is 11.6. The maximum absolute atomic E-state index is 11.6. The van der Waals surface area contributed by atoms with E-state index in [1.807, 2.05) is 16.4 Å². The Hall–Kier alpha value is -2.52. The summed E-state index contributed by atoms with van der Waals surface area (Å²) >= 11 is 0. The van der Waals surface area contributed by atoms with Crippen molar-refractivity contribution in [2.75, 3.05) is 30.0 Å². The van der Waals surface area contributed by atoms with E-state index in [1.54, 1.807) is 6.26 Å². The van der Waals surface area contributed by atoms with Crippen LogP contribution in [0.2, 0.25) is 0 Å². The molecule has 1 atom stereocenters. The Morgan fingerprint density at radius 2 is 1.86 bits per heavy atom. The summed E-state index contributed by atoms with van der Waals surface area (Å²) in [6.07, 6.45) is 7.37. The summed E-state index contributed by atoms with van der Waals surface area (Å²) in [5, 5.41) is 6.43. The molecule has 0 spiro atoms. The number of anilines is 3. The zero-order valence-corrected chi connectivity index (χ0v) is 17.2. The maximum Gasteiger partial charge on any atom is 0.254 e. The van der Waals surface area contributed by atoms with E-state index in [0.29, 0.717) is 29.3 Å². The molecular formula is C20H26N6O2S. The highest BCUT2D eigenvalue weighted by molar-refractivity contribution is 7.81. The van der Waals surface area contributed by atoms with Crippen molar-refractivity contribution >= 4 is 34.3 Å². The Bertz CT molecular complexity index is 908. The van der Waals surface area contributed by atoms with E-state index in [4.69, 9.17) is 5.73 Å². The van der Waals surface area contributed by atoms with Gasteiger partial charge in [-0.2, -0.15) is 4.98 Å². The second-order valence-electron chi connectivity index (χ2n) is 7.61. The van der Waals surface area contributed by atoms with Gasteiger partial charge in [-0.05, 0) is 49.3 Å². The van der Waals surface area contributed by atoms with Crippen molar-refractivity contribution < 1.29 is 9.00 Å². The molecule has 1 aromatic carbocycles. The Labute approximate surface area is 172 Å². The van der Waals surface area contributed by atoms with E-state index in [1.165, 1.54) is 11.8 Å². The molecule has 154 valence electrons. The molecule has 2 fully saturated rings. The number of nitrogens with one attached hydrogen (secondary N) is 2. The average molecular weight is 415 g/mol. The van der Waals surface area contributed by atoms with E-state index in [-0.39, 0.29) is 0 Å². The number of amides is 1. The largest absolute Gasteiger partial charge is 0.367 e. The van der Waals surface area contributed by atoms with Crippen LogP contribution in [0, 0.1) is 0 Å². The van der Waals surface area contributed by atoms with Crippen molar-refractivity contribution in [2.24, 2.45) is 5.73 Å². The molecule has 4 rings (SSSR count). The average Bonchev–Trinajstić information content (AvgIpc) is 3.53. The van der Waals surface area contributed by atoms with Crippen molar-refractivity contribution in [1.82, 2.24) is 14.3 Å². The van der Waals surface area contributed by atoms with Crippen molar-refractivity contribution in [2.45, 2.75) is 37.6 Å². The lowest BCUT2D eigenvalue weighted by atomic mass is 9.90. The van der Waals surface area contributed by atoms with Gasteiger partial charge in [0.1, 0.15) is 5.82 Å². The van der Waals surface area contributed by atoms with Gasteiger partial charge in [0.05, 0.1) is 16.5 Å². The van der Waals surface area contributed by atoms with E-state index >= 15 is 0 Å². The van der Waals surface area contributed by atoms with E-state index in [9.17, 15) is 9.00 Å². The van der Waals surface area contributed by atoms with Gasteiger partial charge in [0.15, 0.2) is 0 Å². The topological polar surface area (TPSA) is 113 Å². The normalized spacial score (nSPS) is 18.9. The first-order chi connectivity index (χ1) is 14.0. The molecule has 2 aromatic rings. The molecule has 1 unspecified atom stereocenters. The van der Waals surface area contributed by atoms with E-state index in [2.05, 4.69) is 32.7 Å². The van der Waals surface area contributed by atoms with Gasteiger partial charge in [-0.25, -0.2) is 13.5 Å². The van der Waals surface area contributed by atoms with Crippen molar-refractivity contribution in [3.8, 4) is 0 Å². The third-order valence-electron chi connectivity index (χ3n) is 5.43. The number of carbonyl (C=O) groups is 1. The fraction of sp³-hybridized carbons (Fsp3) is 0.450. The molecule has 0 radical (unpaired) electrons. The number of hydrogen-bond donors (Lipinski definition) is 3. The number of nitrogens with two attached hydrogens (primary N) is 1. The van der Waals surface area contributed by atoms with Gasteiger partial charge in [-0.1, -0.05) is 12.1 Å². The monoisotopic (exact) mass is 414 g/mol. The molecule has 2 heterocycles. The van der Waals surface area contributed by atoms with Crippen molar-refractivity contribution in [1.29, 1.82) is 0 Å². The van der Waals surface area contributed by atoms with Crippen LogP contribution in [0.1, 0.15) is 47.5 Å². The third kappa shape index (κ3) is 4.91. The molecule has 4 N–H and O–H groups in total. The number of rotatable bonds is 7. The second-order valence-corrected chi connectivity index (χ2v) is 8.98. The summed E-state index contributed by atoms with van der Waals surface area (Å²) in [7, 11) is -0.881. The lowest BCUT2D eigenvalue weighted by Gasteiger charge is -2.30. The van der Waals surface area contributed by atoms with Crippen LogP contribution in [-0.2, 0) is 11.0 Å². The highest BCUT2D eigenvalue weighted by Gasteiger charge is 2.24. The van der Waals surface area contributed by atoms with Crippen LogP contribution in [0.15, 0.2) is 30.5 Å². The lowest BCUT2D eigenvalue weighted by Crippen LogP contribution is -2.33. The Morgan fingerprint density at radius 1 is 1.17 bits per heavy atom. The summed E-state index contributed by atoms with van der Waals surface area (Å²) in [4.78, 5) is 20.3. The number of aromatic nitrogens is 2. The highest BCUT2D eigenvalue weighted by atomic mass is 32.2. The summed E-state index contributed by atoms with van der Waals surface area (Å²) in [6.45, 7) is 1.73. The molecule has 1 aliphatic heterocycles. The lowest BCUT2D eigenvalue weighted by molar-refractivity contribution is 0.100. The first-order valence-corrected chi connectivity index (χ1v) is 11.4. The number of benzene rings is 1. The second kappa shape index (κ2) is 8.46. The molecule has 1 aliphatic carbocycles. The molecular weight excluding hydrogens is 388 g/mol. The molecule has 9 heteroatoms. The standard InChI is InChI=1S/C20H26N6O2S/c1-29(28)26-10-8-14(9-11-26)13-2-4-16(5-3-13)24-20-22-12-17(18(21)27)19(25-20)23-15-6-7-15/h2-5,12,14-15H,6-11H2,1H3,(H2,21,27)(H2,22,23,24,25). The summed E-state index contributed by atoms with van der Waals surface area (Å²) in [5.41, 5.74) is 7.90. The molecule has 29 heavy (non-hydrogen) atoms. The zero-order chi connectivity index (χ0) is 20.4. The summed E-state index contributed by atoms with van der Waals surface area (Å²) < 4.78 is 13.6. The van der Waals surface area contributed by atoms with Gasteiger partial charge in [-0.3, -0.25) is 4.79 Å². The SMILES string of the molecule is CS(=O)N1CCC(c2ccc(Nc3ncc(C(N)=O)c(NC4CC4)n3)cc2)CC1. The first-order valence-electron chi connectivity index (χ1n) is 9.88. The Morgan fingerprint density at radius 3 is 2.45 bits per heavy atom. The summed E-state index contributed by atoms with van der Waals surface area (Å²) in [6, 6.07) is 8.61. The quantitative estimate of drug-likeness (QED) is 0.641. The van der Waals surface area contributed by atoms with Crippen LogP contribution < -0.4 is 16.4 Å². The van der Waals surface area contributed by atoms with Gasteiger partial charge in [0.2, 0.25) is 5.95 Å². The molecule has 1 aromatic heterocycles. The number of primary amides is 1. The molecule has 8 nitrogen and oxygen atoms in total. The van der Waals surface area contributed by atoms with Gasteiger partial charge in [-0.15, -0.1) is 0 Å². The summed E-state index contributed by atoms with van der Waals surface area (Å²) in [5.74, 6) is 0.852. The molecule has 1 saturated heterocycles. The fourth-order valence-electron chi connectivity index (χ4n) is 3.57. The van der Waals surface area contributed by atoms with Gasteiger partial charge >= 0.3 is 0 Å². The zero-order valence-electron chi connectivity index (χ0n) is 16.4. The van der Waals surface area contributed by atoms with Crippen LogP contribution in [-0.4, -0.2) is 49.8 Å². The van der Waals surface area contributed by atoms with Crippen LogP contribution in [0.4, 0.5) is 17.5 Å². The minimum Gasteiger partial charge on any atom is -0.367 e. The predicted molar refractivity (Wildman–Crippen MR) is 115 cm³/mol. The van der Waals surface area contributed by atoms with Crippen LogP contribution >= 0.6 is 0 Å². The van der Waals surface area contributed by atoms with Crippen LogP contribution in [0.5, 0.6) is 0 Å². The predicted octanol–water partition coefficient (Wildman–Crippen LogP) is 2.37. The molecule has 1 saturated carbocycles. The van der Waals surface area contributed by atoms with E-state index < -0.39 is 16.9 Å². The molecule has 2 aliphatic rings. The number of nitrogens with zero attached hydrogens (tertiary/aromatic N) is 3. The van der Waals surface area contributed by atoms with Crippen LogP contribution in [0.3, 0.4) is 0 Å². The minimum atomic E-state index is -0.881. The van der Waals surface area contributed by atoms with Gasteiger partial charge in [0, 0.05) is 37.3 Å². The third-order valence-corrected chi connectivity index (χ3v) is 6.52. The Kier molecular flexibility index (Phi) is 5.77. The molecule has 0 bridgehead atoms. The smallest absolute Gasteiger partial charge is 0.254 e. The molecule has 1 amide bonds. The minimum absolute atomic E-state index is 0.303. The van der Waals surface area contributed by atoms with Gasteiger partial charge < -0.3 is 16.4 Å². The highest BCUT2D eigenvalue weighted by Crippen LogP contribution is 2.30. The van der Waals surface area contributed by atoms with Crippen molar-refractivity contribution in [3.63, 3.8) is 0 Å². The fourth-order valence-corrected chi connectivity index (χ4v) is 4.29. The van der Waals surface area contributed by atoms with Crippen molar-refractivity contribution in [3.05, 3.63) is 41.6 Å². The van der Waals surface area contributed by atoms with Gasteiger partial charge in [0.25, 0.3) is 5.91 Å². The number of piperidine rings is 1. The van der Waals surface area contributed by atoms with Crippen LogP contribution in [0.25, 0.3) is 0 Å². The Balaban J connectivity index is 1.42. The number of carbonyl (C=O) groups excluding carboxylic acids is 1. The van der Waals surface area contributed by atoms with E-state index in [0.717, 1.165) is 44.5 Å². The number of hydrogen-bond acceptors (Lipinski definition) is 6. The first kappa shape index (κ1) is 19.8.